The highest BCUT2D eigenvalue weighted by molar-refractivity contribution is 5.90. The average Bonchev–Trinajstić information content (AvgIpc) is 2.36. The van der Waals surface area contributed by atoms with Gasteiger partial charge in [0.25, 0.3) is 0 Å². The summed E-state index contributed by atoms with van der Waals surface area (Å²) < 4.78 is 0. The van der Waals surface area contributed by atoms with Gasteiger partial charge in [-0.1, -0.05) is 0 Å². The minimum atomic E-state index is -0.859. The minimum Gasteiger partial charge on any atom is -0.346 e. The molecule has 1 saturated heterocycles. The maximum absolute atomic E-state index is 11.9. The second kappa shape index (κ2) is 5.38. The first-order valence-corrected chi connectivity index (χ1v) is 6.65. The number of amides is 2. The molecule has 2 fully saturated rings. The van der Waals surface area contributed by atoms with Crippen molar-refractivity contribution in [3.05, 3.63) is 0 Å². The molecule has 0 aromatic heterocycles. The van der Waals surface area contributed by atoms with Gasteiger partial charge in [-0.05, 0) is 38.5 Å². The van der Waals surface area contributed by atoms with E-state index in [1.807, 2.05) is 0 Å². The molecule has 98 valence electrons. The van der Waals surface area contributed by atoms with Crippen LogP contribution in [0.1, 0.15) is 38.5 Å². The van der Waals surface area contributed by atoms with Crippen molar-refractivity contribution in [2.75, 3.05) is 19.6 Å². The molecule has 5 heteroatoms. The molecule has 1 heterocycles. The molecule has 0 unspecified atom stereocenters. The first kappa shape index (κ1) is 12.9. The fourth-order valence-corrected chi connectivity index (χ4v) is 2.50. The van der Waals surface area contributed by atoms with E-state index in [1.54, 1.807) is 4.90 Å². The quantitative estimate of drug-likeness (QED) is 0.804. The van der Waals surface area contributed by atoms with Crippen molar-refractivity contribution in [1.29, 1.82) is 5.26 Å². The number of carbonyl (C=O) groups is 2. The lowest BCUT2D eigenvalue weighted by molar-refractivity contribution is -0.137. The van der Waals surface area contributed by atoms with E-state index in [1.165, 1.54) is 6.42 Å². The summed E-state index contributed by atoms with van der Waals surface area (Å²) in [5, 5.41) is 11.6. The number of rotatable bonds is 3. The molecular formula is C13H19N3O2. The molecule has 5 nitrogen and oxygen atoms in total. The number of likely N-dealkylation sites (tertiary alicyclic amines) is 1. The van der Waals surface area contributed by atoms with Crippen molar-refractivity contribution in [2.24, 2.45) is 5.41 Å². The standard InChI is InChI=1S/C13H19N3O2/c14-10-13(5-4-6-13)12(18)15-9-11(17)16-7-2-1-3-8-16/h1-9H2,(H,15,18). The van der Waals surface area contributed by atoms with Crippen LogP contribution in [0.25, 0.3) is 0 Å². The number of piperidine rings is 1. The van der Waals surface area contributed by atoms with Gasteiger partial charge in [-0.25, -0.2) is 0 Å². The Morgan fingerprint density at radius 1 is 1.17 bits per heavy atom. The molecule has 0 spiro atoms. The summed E-state index contributed by atoms with van der Waals surface area (Å²) >= 11 is 0. The normalized spacial score (nSPS) is 21.6. The highest BCUT2D eigenvalue weighted by Crippen LogP contribution is 2.40. The maximum atomic E-state index is 11.9. The number of nitrogens with one attached hydrogen (secondary N) is 1. The number of hydrogen-bond acceptors (Lipinski definition) is 3. The summed E-state index contributed by atoms with van der Waals surface area (Å²) in [5.41, 5.74) is -0.859. The molecule has 1 saturated carbocycles. The maximum Gasteiger partial charge on any atom is 0.241 e. The van der Waals surface area contributed by atoms with Gasteiger partial charge in [0.15, 0.2) is 0 Å². The molecule has 0 radical (unpaired) electrons. The highest BCUT2D eigenvalue weighted by atomic mass is 16.2. The van der Waals surface area contributed by atoms with Crippen molar-refractivity contribution in [2.45, 2.75) is 38.5 Å². The molecule has 0 aromatic carbocycles. The zero-order valence-corrected chi connectivity index (χ0v) is 10.6. The Kier molecular flexibility index (Phi) is 3.85. The third-order valence-corrected chi connectivity index (χ3v) is 3.96. The molecule has 2 aliphatic rings. The molecule has 2 amide bonds. The molecule has 2 rings (SSSR count). The fourth-order valence-electron chi connectivity index (χ4n) is 2.50. The summed E-state index contributed by atoms with van der Waals surface area (Å²) in [6, 6.07) is 2.08. The van der Waals surface area contributed by atoms with Crippen molar-refractivity contribution in [3.8, 4) is 6.07 Å². The molecule has 1 aliphatic heterocycles. The zero-order chi connectivity index (χ0) is 13.0. The van der Waals surface area contributed by atoms with Gasteiger partial charge in [-0.3, -0.25) is 9.59 Å². The zero-order valence-electron chi connectivity index (χ0n) is 10.6. The third-order valence-electron chi connectivity index (χ3n) is 3.96. The van der Waals surface area contributed by atoms with Crippen molar-refractivity contribution < 1.29 is 9.59 Å². The Morgan fingerprint density at radius 3 is 2.33 bits per heavy atom. The van der Waals surface area contributed by atoms with Crippen LogP contribution in [0.3, 0.4) is 0 Å². The Hall–Kier alpha value is -1.57. The summed E-state index contributed by atoms with van der Waals surface area (Å²) in [6.45, 7) is 1.61. The van der Waals surface area contributed by atoms with Gasteiger partial charge in [0.2, 0.25) is 11.8 Å². The van der Waals surface area contributed by atoms with Crippen molar-refractivity contribution in [1.82, 2.24) is 10.2 Å². The second-order valence-corrected chi connectivity index (χ2v) is 5.17. The van der Waals surface area contributed by atoms with E-state index in [0.29, 0.717) is 12.8 Å². The topological polar surface area (TPSA) is 73.2 Å². The van der Waals surface area contributed by atoms with Crippen molar-refractivity contribution >= 4 is 11.8 Å². The molecule has 1 N–H and O–H groups in total. The van der Waals surface area contributed by atoms with Crippen LogP contribution in [0.15, 0.2) is 0 Å². The minimum absolute atomic E-state index is 0.0300. The Bertz CT molecular complexity index is 376. The smallest absolute Gasteiger partial charge is 0.241 e. The fraction of sp³-hybridized carbons (Fsp3) is 0.769. The Balaban J connectivity index is 1.79. The van der Waals surface area contributed by atoms with Gasteiger partial charge >= 0.3 is 0 Å². The third kappa shape index (κ3) is 2.47. The van der Waals surface area contributed by atoms with Crippen molar-refractivity contribution in [3.63, 3.8) is 0 Å². The van der Waals surface area contributed by atoms with Gasteiger partial charge in [0.1, 0.15) is 5.41 Å². The lowest BCUT2D eigenvalue weighted by Crippen LogP contribution is -2.49. The summed E-state index contributed by atoms with van der Waals surface area (Å²) in [4.78, 5) is 25.5. The predicted molar refractivity (Wildman–Crippen MR) is 65.3 cm³/mol. The largest absolute Gasteiger partial charge is 0.346 e. The van der Waals surface area contributed by atoms with E-state index in [4.69, 9.17) is 5.26 Å². The van der Waals surface area contributed by atoms with Crippen LogP contribution in [0, 0.1) is 16.7 Å². The van der Waals surface area contributed by atoms with E-state index in [0.717, 1.165) is 32.4 Å². The van der Waals surface area contributed by atoms with Gasteiger partial charge < -0.3 is 10.2 Å². The molecule has 0 aromatic rings. The first-order valence-electron chi connectivity index (χ1n) is 6.65. The van der Waals surface area contributed by atoms with Gasteiger partial charge in [0.05, 0.1) is 12.6 Å². The molecule has 1 aliphatic carbocycles. The van der Waals surface area contributed by atoms with Crippen LogP contribution in [0.4, 0.5) is 0 Å². The van der Waals surface area contributed by atoms with Crippen LogP contribution in [0.2, 0.25) is 0 Å². The second-order valence-electron chi connectivity index (χ2n) is 5.17. The Labute approximate surface area is 107 Å². The van der Waals surface area contributed by atoms with Crippen LogP contribution in [0.5, 0.6) is 0 Å². The molecule has 18 heavy (non-hydrogen) atoms. The van der Waals surface area contributed by atoms with E-state index < -0.39 is 5.41 Å². The molecule has 0 atom stereocenters. The van der Waals surface area contributed by atoms with E-state index in [2.05, 4.69) is 11.4 Å². The van der Waals surface area contributed by atoms with Gasteiger partial charge in [0, 0.05) is 13.1 Å². The van der Waals surface area contributed by atoms with Crippen LogP contribution in [-0.4, -0.2) is 36.3 Å². The highest BCUT2D eigenvalue weighted by Gasteiger charge is 2.44. The number of nitriles is 1. The van der Waals surface area contributed by atoms with Gasteiger partial charge in [-0.15, -0.1) is 0 Å². The number of hydrogen-bond donors (Lipinski definition) is 1. The summed E-state index contributed by atoms with van der Waals surface area (Å²) in [5.74, 6) is -0.308. The predicted octanol–water partition coefficient (Wildman–Crippen LogP) is 0.809. The number of carbonyl (C=O) groups excluding carboxylic acids is 2. The van der Waals surface area contributed by atoms with Crippen LogP contribution >= 0.6 is 0 Å². The Morgan fingerprint density at radius 2 is 1.83 bits per heavy atom. The summed E-state index contributed by atoms with van der Waals surface area (Å²) in [7, 11) is 0. The van der Waals surface area contributed by atoms with Gasteiger partial charge in [-0.2, -0.15) is 5.26 Å². The summed E-state index contributed by atoms with van der Waals surface area (Å²) in [6.07, 6.45) is 5.42. The monoisotopic (exact) mass is 249 g/mol. The first-order chi connectivity index (χ1) is 8.68. The van der Waals surface area contributed by atoms with E-state index >= 15 is 0 Å². The molecular weight excluding hydrogens is 230 g/mol. The molecule has 0 bridgehead atoms. The van der Waals surface area contributed by atoms with E-state index in [9.17, 15) is 9.59 Å². The average molecular weight is 249 g/mol. The van der Waals surface area contributed by atoms with E-state index in [-0.39, 0.29) is 18.4 Å². The van der Waals surface area contributed by atoms with Crippen LogP contribution < -0.4 is 5.32 Å². The number of nitrogens with zero attached hydrogens (tertiary/aromatic N) is 2. The van der Waals surface area contributed by atoms with Crippen LogP contribution in [-0.2, 0) is 9.59 Å². The lowest BCUT2D eigenvalue weighted by atomic mass is 9.69. The lowest BCUT2D eigenvalue weighted by Gasteiger charge is -2.33. The SMILES string of the molecule is N#CC1(C(=O)NCC(=O)N2CCCCC2)CCC1.